The third-order valence-electron chi connectivity index (χ3n) is 2.27. The smallest absolute Gasteiger partial charge is 0.225 e. The molecule has 88 valence electrons. The molecule has 0 aromatic heterocycles. The highest BCUT2D eigenvalue weighted by Gasteiger charge is 2.18. The number of Topliss-reactive ketones (excluding diaryl/α,β-unsaturated/α-hetero) is 1. The van der Waals surface area contributed by atoms with E-state index in [1.807, 2.05) is 19.0 Å². The van der Waals surface area contributed by atoms with E-state index in [1.54, 1.807) is 18.9 Å². The van der Waals surface area contributed by atoms with Crippen LogP contribution in [0.4, 0.5) is 0 Å². The average molecular weight is 214 g/mol. The Hall–Kier alpha value is -0.900. The molecule has 0 rings (SSSR count). The normalized spacial score (nSPS) is 12.7. The minimum absolute atomic E-state index is 0.0482. The maximum Gasteiger partial charge on any atom is 0.225 e. The number of rotatable bonds is 6. The molecule has 1 atom stereocenters. The predicted octanol–water partition coefficient (Wildman–Crippen LogP) is 0.622. The molecule has 0 aliphatic carbocycles. The first-order valence-electron chi connectivity index (χ1n) is 5.23. The van der Waals surface area contributed by atoms with E-state index in [9.17, 15) is 9.59 Å². The first-order valence-corrected chi connectivity index (χ1v) is 5.23. The Morgan fingerprint density at radius 2 is 1.67 bits per heavy atom. The zero-order chi connectivity index (χ0) is 12.0. The number of likely N-dealkylation sites (N-methyl/N-ethyl adjacent to an activating group) is 2. The Morgan fingerprint density at radius 3 is 2.07 bits per heavy atom. The Labute approximate surface area is 92.2 Å². The molecule has 0 aromatic carbocycles. The molecule has 1 unspecified atom stereocenters. The van der Waals surface area contributed by atoms with E-state index in [0.29, 0.717) is 13.0 Å². The van der Waals surface area contributed by atoms with Crippen LogP contribution in [0.25, 0.3) is 0 Å². The largest absolute Gasteiger partial charge is 0.344 e. The van der Waals surface area contributed by atoms with Crippen molar-refractivity contribution in [1.29, 1.82) is 0 Å². The van der Waals surface area contributed by atoms with Crippen molar-refractivity contribution in [2.24, 2.45) is 5.92 Å². The molecule has 0 spiro atoms. The molecule has 0 bridgehead atoms. The monoisotopic (exact) mass is 214 g/mol. The van der Waals surface area contributed by atoms with Gasteiger partial charge in [0, 0.05) is 32.5 Å². The van der Waals surface area contributed by atoms with Crippen LogP contribution < -0.4 is 0 Å². The van der Waals surface area contributed by atoms with E-state index in [2.05, 4.69) is 0 Å². The van der Waals surface area contributed by atoms with E-state index < -0.39 is 0 Å². The van der Waals surface area contributed by atoms with Crippen LogP contribution in [0.15, 0.2) is 0 Å². The van der Waals surface area contributed by atoms with Crippen LogP contribution in [0, 0.1) is 5.92 Å². The Balaban J connectivity index is 4.01. The summed E-state index contributed by atoms with van der Waals surface area (Å²) >= 11 is 0. The van der Waals surface area contributed by atoms with E-state index >= 15 is 0 Å². The second-order valence-corrected chi connectivity index (χ2v) is 4.37. The lowest BCUT2D eigenvalue weighted by molar-refractivity contribution is -0.136. The molecule has 0 aliphatic rings. The van der Waals surface area contributed by atoms with Crippen molar-refractivity contribution in [3.8, 4) is 0 Å². The van der Waals surface area contributed by atoms with E-state index in [0.717, 1.165) is 6.54 Å². The summed E-state index contributed by atoms with van der Waals surface area (Å²) in [6, 6.07) is 0. The summed E-state index contributed by atoms with van der Waals surface area (Å²) in [7, 11) is 5.72. The van der Waals surface area contributed by atoms with Crippen molar-refractivity contribution >= 4 is 11.7 Å². The van der Waals surface area contributed by atoms with Gasteiger partial charge in [0.1, 0.15) is 5.78 Å². The van der Waals surface area contributed by atoms with Crippen molar-refractivity contribution in [1.82, 2.24) is 9.80 Å². The lowest BCUT2D eigenvalue weighted by Gasteiger charge is -2.22. The van der Waals surface area contributed by atoms with Gasteiger partial charge >= 0.3 is 0 Å². The molecule has 0 aromatic rings. The van der Waals surface area contributed by atoms with Gasteiger partial charge in [-0.25, -0.2) is 0 Å². The maximum absolute atomic E-state index is 11.7. The standard InChI is InChI=1S/C11H22N2O2/c1-9(8-10(2)14)11(15)13(5)7-6-12(3)4/h9H,6-8H2,1-5H3. The summed E-state index contributed by atoms with van der Waals surface area (Å²) in [5.41, 5.74) is 0. The Kier molecular flexibility index (Phi) is 6.17. The van der Waals surface area contributed by atoms with Crippen LogP contribution in [0.2, 0.25) is 0 Å². The minimum Gasteiger partial charge on any atom is -0.344 e. The summed E-state index contributed by atoms with van der Waals surface area (Å²) in [6.07, 6.45) is 0.338. The fourth-order valence-corrected chi connectivity index (χ4v) is 1.35. The molecular weight excluding hydrogens is 192 g/mol. The molecule has 4 heteroatoms. The number of nitrogens with zero attached hydrogens (tertiary/aromatic N) is 2. The van der Waals surface area contributed by atoms with Crippen molar-refractivity contribution in [2.75, 3.05) is 34.2 Å². The third-order valence-corrected chi connectivity index (χ3v) is 2.27. The molecule has 0 fully saturated rings. The van der Waals surface area contributed by atoms with Crippen molar-refractivity contribution < 1.29 is 9.59 Å². The summed E-state index contributed by atoms with van der Waals surface area (Å²) in [4.78, 5) is 26.3. The maximum atomic E-state index is 11.7. The van der Waals surface area contributed by atoms with Gasteiger partial charge < -0.3 is 14.6 Å². The van der Waals surface area contributed by atoms with Gasteiger partial charge in [0.25, 0.3) is 0 Å². The SMILES string of the molecule is CC(=O)CC(C)C(=O)N(C)CCN(C)C. The van der Waals surface area contributed by atoms with Gasteiger partial charge in [-0.15, -0.1) is 0 Å². The van der Waals surface area contributed by atoms with Gasteiger partial charge in [-0.2, -0.15) is 0 Å². The van der Waals surface area contributed by atoms with Crippen molar-refractivity contribution in [2.45, 2.75) is 20.3 Å². The first kappa shape index (κ1) is 14.1. The average Bonchev–Trinajstić information content (AvgIpc) is 2.11. The number of ketones is 1. The molecule has 15 heavy (non-hydrogen) atoms. The Bertz CT molecular complexity index is 227. The summed E-state index contributed by atoms with van der Waals surface area (Å²) in [5, 5.41) is 0. The van der Waals surface area contributed by atoms with Gasteiger partial charge in [0.15, 0.2) is 0 Å². The quantitative estimate of drug-likeness (QED) is 0.651. The number of carbonyl (C=O) groups excluding carboxylic acids is 2. The summed E-state index contributed by atoms with van der Waals surface area (Å²) in [5.74, 6) is -0.0847. The molecule has 0 radical (unpaired) electrons. The number of carbonyl (C=O) groups is 2. The molecule has 0 saturated heterocycles. The minimum atomic E-state index is -0.199. The van der Waals surface area contributed by atoms with E-state index in [4.69, 9.17) is 0 Å². The number of hydrogen-bond acceptors (Lipinski definition) is 3. The molecular formula is C11H22N2O2. The van der Waals surface area contributed by atoms with Crippen LogP contribution in [0.3, 0.4) is 0 Å². The van der Waals surface area contributed by atoms with E-state index in [-0.39, 0.29) is 17.6 Å². The summed E-state index contributed by atoms with van der Waals surface area (Å²) in [6.45, 7) is 4.86. The van der Waals surface area contributed by atoms with Crippen LogP contribution in [0.1, 0.15) is 20.3 Å². The molecule has 0 aliphatic heterocycles. The molecule has 4 nitrogen and oxygen atoms in total. The van der Waals surface area contributed by atoms with Gasteiger partial charge in [-0.1, -0.05) is 6.92 Å². The highest BCUT2D eigenvalue weighted by atomic mass is 16.2. The van der Waals surface area contributed by atoms with Crippen molar-refractivity contribution in [3.05, 3.63) is 0 Å². The molecule has 0 N–H and O–H groups in total. The van der Waals surface area contributed by atoms with Crippen LogP contribution >= 0.6 is 0 Å². The van der Waals surface area contributed by atoms with Crippen molar-refractivity contribution in [3.63, 3.8) is 0 Å². The fourth-order valence-electron chi connectivity index (χ4n) is 1.35. The lowest BCUT2D eigenvalue weighted by atomic mass is 10.0. The zero-order valence-electron chi connectivity index (χ0n) is 10.4. The lowest BCUT2D eigenvalue weighted by Crippen LogP contribution is -2.37. The highest BCUT2D eigenvalue weighted by Crippen LogP contribution is 2.06. The van der Waals surface area contributed by atoms with Crippen LogP contribution in [0.5, 0.6) is 0 Å². The second kappa shape index (κ2) is 6.56. The summed E-state index contributed by atoms with van der Waals surface area (Å²) < 4.78 is 0. The molecule has 0 saturated carbocycles. The Morgan fingerprint density at radius 1 is 1.13 bits per heavy atom. The number of hydrogen-bond donors (Lipinski definition) is 0. The van der Waals surface area contributed by atoms with Gasteiger partial charge in [0.2, 0.25) is 5.91 Å². The third kappa shape index (κ3) is 6.23. The van der Waals surface area contributed by atoms with Gasteiger partial charge in [-0.05, 0) is 21.0 Å². The van der Waals surface area contributed by atoms with Crippen LogP contribution in [-0.2, 0) is 9.59 Å². The van der Waals surface area contributed by atoms with Gasteiger partial charge in [0.05, 0.1) is 0 Å². The molecule has 0 heterocycles. The first-order chi connectivity index (χ1) is 6.84. The topological polar surface area (TPSA) is 40.6 Å². The fraction of sp³-hybridized carbons (Fsp3) is 0.818. The van der Waals surface area contributed by atoms with Gasteiger partial charge in [-0.3, -0.25) is 4.79 Å². The molecule has 1 amide bonds. The number of amides is 1. The zero-order valence-corrected chi connectivity index (χ0v) is 10.4. The highest BCUT2D eigenvalue weighted by molar-refractivity contribution is 5.85. The second-order valence-electron chi connectivity index (χ2n) is 4.37. The predicted molar refractivity (Wildman–Crippen MR) is 60.7 cm³/mol. The van der Waals surface area contributed by atoms with E-state index in [1.165, 1.54) is 6.92 Å². The van der Waals surface area contributed by atoms with Crippen LogP contribution in [-0.4, -0.2) is 55.7 Å².